The van der Waals surface area contributed by atoms with Crippen molar-refractivity contribution in [3.63, 3.8) is 0 Å². The number of amides is 2. The lowest BCUT2D eigenvalue weighted by molar-refractivity contribution is -0.286. The molecular formula is C29H32F2N2O7. The van der Waals surface area contributed by atoms with E-state index in [1.165, 1.54) is 12.1 Å². The Morgan fingerprint density at radius 3 is 2.42 bits per heavy atom. The number of nitrogens with zero attached hydrogens (tertiary/aromatic N) is 1. The van der Waals surface area contributed by atoms with Crippen LogP contribution in [0.5, 0.6) is 23.0 Å². The Balaban J connectivity index is 1.19. The summed E-state index contributed by atoms with van der Waals surface area (Å²) in [6, 6.07) is 9.67. The van der Waals surface area contributed by atoms with Crippen molar-refractivity contribution < 1.29 is 42.1 Å². The summed E-state index contributed by atoms with van der Waals surface area (Å²) in [5.41, 5.74) is 0.0256. The zero-order valence-electron chi connectivity index (χ0n) is 22.8. The summed E-state index contributed by atoms with van der Waals surface area (Å²) in [4.78, 5) is 27.8. The number of benzene rings is 2. The number of ether oxygens (including phenoxy) is 5. The summed E-state index contributed by atoms with van der Waals surface area (Å²) in [7, 11) is 1.57. The van der Waals surface area contributed by atoms with Crippen LogP contribution in [-0.4, -0.2) is 55.1 Å². The number of halogens is 2. The largest absolute Gasteiger partial charge is 0.586 e. The van der Waals surface area contributed by atoms with Gasteiger partial charge in [-0.25, -0.2) is 4.79 Å². The van der Waals surface area contributed by atoms with E-state index in [1.54, 1.807) is 24.1 Å². The third-order valence-electron chi connectivity index (χ3n) is 7.87. The first kappa shape index (κ1) is 26.5. The van der Waals surface area contributed by atoms with Gasteiger partial charge in [-0.1, -0.05) is 6.07 Å². The second-order valence-electron chi connectivity index (χ2n) is 11.9. The van der Waals surface area contributed by atoms with Gasteiger partial charge in [0.1, 0.15) is 23.2 Å². The van der Waals surface area contributed by atoms with Crippen LogP contribution in [0.2, 0.25) is 0 Å². The molecule has 1 saturated carbocycles. The van der Waals surface area contributed by atoms with Crippen LogP contribution in [0.1, 0.15) is 57.2 Å². The van der Waals surface area contributed by atoms with Gasteiger partial charge in [0.15, 0.2) is 11.5 Å². The number of fused-ring (bicyclic) bond motifs is 2. The molecule has 1 saturated heterocycles. The predicted octanol–water partition coefficient (Wildman–Crippen LogP) is 4.92. The normalized spacial score (nSPS) is 23.8. The van der Waals surface area contributed by atoms with Gasteiger partial charge in [-0.05, 0) is 63.4 Å². The molecule has 1 aliphatic carbocycles. The van der Waals surface area contributed by atoms with Crippen molar-refractivity contribution >= 4 is 12.0 Å². The summed E-state index contributed by atoms with van der Waals surface area (Å²) >= 11 is 0. The Bertz CT molecular complexity index is 1350. The number of hydrogen-bond donors (Lipinski definition) is 1. The molecule has 0 spiro atoms. The maximum Gasteiger partial charge on any atom is 0.586 e. The van der Waals surface area contributed by atoms with Gasteiger partial charge in [-0.2, -0.15) is 0 Å². The Morgan fingerprint density at radius 1 is 1.02 bits per heavy atom. The summed E-state index contributed by atoms with van der Waals surface area (Å²) in [5, 5.41) is 3.21. The first-order chi connectivity index (χ1) is 18.9. The average Bonchev–Trinajstić information content (AvgIpc) is 3.58. The number of nitrogens with one attached hydrogen (secondary N) is 1. The fraction of sp³-hybridized carbons (Fsp3) is 0.517. The fourth-order valence-electron chi connectivity index (χ4n) is 5.57. The summed E-state index contributed by atoms with van der Waals surface area (Å²) in [5.74, 6) is 0.994. The van der Waals surface area contributed by atoms with Crippen molar-refractivity contribution in [1.29, 1.82) is 0 Å². The van der Waals surface area contributed by atoms with E-state index in [1.807, 2.05) is 32.9 Å². The number of alkyl halides is 2. The molecule has 214 valence electrons. The molecule has 2 unspecified atom stereocenters. The molecule has 2 aromatic rings. The fourth-order valence-corrected chi connectivity index (χ4v) is 5.57. The number of carbonyl (C=O) groups is 2. The van der Waals surface area contributed by atoms with Crippen molar-refractivity contribution in [2.75, 3.05) is 20.2 Å². The van der Waals surface area contributed by atoms with Crippen LogP contribution in [0, 0.1) is 5.92 Å². The van der Waals surface area contributed by atoms with Gasteiger partial charge in [0.2, 0.25) is 5.91 Å². The number of methoxy groups -OCH3 is 1. The van der Waals surface area contributed by atoms with Crippen LogP contribution in [0.25, 0.3) is 0 Å². The maximum absolute atomic E-state index is 13.7. The highest BCUT2D eigenvalue weighted by Crippen LogP contribution is 2.52. The monoisotopic (exact) mass is 558 g/mol. The van der Waals surface area contributed by atoms with Gasteiger partial charge in [-0.3, -0.25) is 4.79 Å². The van der Waals surface area contributed by atoms with E-state index in [0.717, 1.165) is 5.56 Å². The molecule has 40 heavy (non-hydrogen) atoms. The summed E-state index contributed by atoms with van der Waals surface area (Å²) in [6.07, 6.45) is -2.63. The molecule has 2 atom stereocenters. The number of carbonyl (C=O) groups excluding carboxylic acids is 2. The molecule has 2 amide bonds. The Morgan fingerprint density at radius 2 is 1.75 bits per heavy atom. The van der Waals surface area contributed by atoms with Gasteiger partial charge in [0, 0.05) is 37.1 Å². The Kier molecular flexibility index (Phi) is 6.05. The molecule has 0 bridgehead atoms. The molecule has 0 aromatic heterocycles. The lowest BCUT2D eigenvalue weighted by Gasteiger charge is -2.45. The third-order valence-corrected chi connectivity index (χ3v) is 7.87. The van der Waals surface area contributed by atoms with Gasteiger partial charge >= 0.3 is 12.4 Å². The Labute approximate surface area is 230 Å². The Hall–Kier alpha value is -3.76. The number of hydrogen-bond acceptors (Lipinski definition) is 7. The molecular weight excluding hydrogens is 526 g/mol. The molecule has 6 rings (SSSR count). The third kappa shape index (κ3) is 4.86. The molecule has 9 nitrogen and oxygen atoms in total. The van der Waals surface area contributed by atoms with Crippen molar-refractivity contribution in [2.45, 2.75) is 69.5 Å². The predicted molar refractivity (Wildman–Crippen MR) is 138 cm³/mol. The standard InChI is InChI=1S/C29H32F2N2O7/c1-27(2,3)40-26(35)33-14-16(15-33)22-13-20(19-7-6-18(36-4)12-23(19)37-22)32-25(34)28(9-10-28)17-5-8-21-24(11-17)39-29(30,31)38-21/h5-8,11-12,16,20,22H,9-10,13-15H2,1-4H3,(H,32,34). The first-order valence-corrected chi connectivity index (χ1v) is 13.4. The second-order valence-corrected chi connectivity index (χ2v) is 11.9. The minimum absolute atomic E-state index is 0.0546. The molecule has 11 heteroatoms. The molecule has 2 aromatic carbocycles. The highest BCUT2D eigenvalue weighted by molar-refractivity contribution is 5.92. The summed E-state index contributed by atoms with van der Waals surface area (Å²) < 4.78 is 53.4. The minimum atomic E-state index is -3.72. The van der Waals surface area contributed by atoms with Crippen molar-refractivity contribution in [3.05, 3.63) is 47.5 Å². The van der Waals surface area contributed by atoms with Crippen LogP contribution in [0.4, 0.5) is 13.6 Å². The zero-order chi connectivity index (χ0) is 28.4. The molecule has 2 fully saturated rings. The van der Waals surface area contributed by atoms with Crippen molar-refractivity contribution in [2.24, 2.45) is 5.92 Å². The van der Waals surface area contributed by atoms with Crippen LogP contribution < -0.4 is 24.3 Å². The van der Waals surface area contributed by atoms with E-state index in [-0.39, 0.29) is 41.6 Å². The second kappa shape index (κ2) is 9.14. The number of likely N-dealkylation sites (tertiary alicyclic amines) is 1. The molecule has 4 aliphatic rings. The van der Waals surface area contributed by atoms with Crippen LogP contribution in [-0.2, 0) is 14.9 Å². The van der Waals surface area contributed by atoms with Crippen molar-refractivity contribution in [1.82, 2.24) is 10.2 Å². The molecule has 1 N–H and O–H groups in total. The van der Waals surface area contributed by atoms with Gasteiger partial charge < -0.3 is 33.9 Å². The smallest absolute Gasteiger partial charge is 0.497 e. The topological polar surface area (TPSA) is 95.6 Å². The highest BCUT2D eigenvalue weighted by atomic mass is 19.3. The molecule has 0 radical (unpaired) electrons. The lowest BCUT2D eigenvalue weighted by Crippen LogP contribution is -2.57. The van der Waals surface area contributed by atoms with Gasteiger partial charge in [-0.15, -0.1) is 8.78 Å². The number of rotatable bonds is 5. The van der Waals surface area contributed by atoms with Gasteiger partial charge in [0.25, 0.3) is 0 Å². The van der Waals surface area contributed by atoms with Gasteiger partial charge in [0.05, 0.1) is 18.6 Å². The average molecular weight is 559 g/mol. The van der Waals surface area contributed by atoms with E-state index in [4.69, 9.17) is 14.2 Å². The lowest BCUT2D eigenvalue weighted by atomic mass is 9.85. The van der Waals surface area contributed by atoms with Crippen LogP contribution in [0.15, 0.2) is 36.4 Å². The zero-order valence-corrected chi connectivity index (χ0v) is 22.8. The minimum Gasteiger partial charge on any atom is -0.497 e. The van der Waals surface area contributed by atoms with E-state index in [9.17, 15) is 18.4 Å². The quantitative estimate of drug-likeness (QED) is 0.557. The SMILES string of the molecule is COc1ccc2c(c1)OC(C1CN(C(=O)OC(C)(C)C)C1)CC2NC(=O)C1(c2ccc3c(c2)OC(F)(F)O3)CC1. The summed E-state index contributed by atoms with van der Waals surface area (Å²) in [6.45, 7) is 6.47. The van der Waals surface area contributed by atoms with Crippen molar-refractivity contribution in [3.8, 4) is 23.0 Å². The molecule has 3 heterocycles. The van der Waals surface area contributed by atoms with Crippen LogP contribution in [0.3, 0.4) is 0 Å². The highest BCUT2D eigenvalue weighted by Gasteiger charge is 2.54. The maximum atomic E-state index is 13.7. The molecule has 3 aliphatic heterocycles. The van der Waals surface area contributed by atoms with Crippen LogP contribution >= 0.6 is 0 Å². The van der Waals surface area contributed by atoms with E-state index in [0.29, 0.717) is 49.4 Å². The first-order valence-electron chi connectivity index (χ1n) is 13.4. The van der Waals surface area contributed by atoms with E-state index in [2.05, 4.69) is 14.8 Å². The van der Waals surface area contributed by atoms with E-state index >= 15 is 0 Å². The van der Waals surface area contributed by atoms with E-state index < -0.39 is 17.3 Å².